The maximum Gasteiger partial charge on any atom is 0.391 e. The van der Waals surface area contributed by atoms with Gasteiger partial charge in [0.05, 0.1) is 11.6 Å². The summed E-state index contributed by atoms with van der Waals surface area (Å²) in [6.07, 6.45) is 0.576. The van der Waals surface area contributed by atoms with Gasteiger partial charge in [0, 0.05) is 18.8 Å². The van der Waals surface area contributed by atoms with Crippen LogP contribution in [-0.2, 0) is 10.2 Å². The fourth-order valence-corrected chi connectivity index (χ4v) is 4.16. The van der Waals surface area contributed by atoms with Gasteiger partial charge < -0.3 is 15.1 Å². The maximum absolute atomic E-state index is 13.1. The van der Waals surface area contributed by atoms with Gasteiger partial charge >= 0.3 is 6.18 Å². The monoisotopic (exact) mass is 421 g/mol. The van der Waals surface area contributed by atoms with Crippen molar-refractivity contribution in [3.8, 4) is 11.6 Å². The van der Waals surface area contributed by atoms with Gasteiger partial charge in [0.15, 0.2) is 5.69 Å². The van der Waals surface area contributed by atoms with Crippen LogP contribution in [0.15, 0.2) is 35.4 Å². The predicted octanol–water partition coefficient (Wildman–Crippen LogP) is 3.61. The molecule has 1 saturated heterocycles. The third-order valence-corrected chi connectivity index (χ3v) is 5.87. The molecule has 1 aliphatic carbocycles. The van der Waals surface area contributed by atoms with E-state index in [4.69, 9.17) is 4.42 Å². The van der Waals surface area contributed by atoms with E-state index in [2.05, 4.69) is 32.4 Å². The van der Waals surface area contributed by atoms with Gasteiger partial charge in [-0.1, -0.05) is 12.5 Å². The van der Waals surface area contributed by atoms with Gasteiger partial charge in [0.1, 0.15) is 5.41 Å². The molecule has 2 aromatic heterocycles. The number of rotatable bonds is 5. The molecule has 4 rings (SSSR count). The molecule has 160 valence electrons. The number of carbonyl (C=O) groups excluding carboxylic acids is 1. The standard InChI is InChI=1S/C20H22F3N5O2/c1-2-19(8-10-25-17(19)29)18-28-27-16(30-18)15-14(7-4-9-24-15)26-13-6-3-5-12(11-13)20(21,22)23/h2,4,7,9,12-13,26H,1,3,5-6,8,10-11H2,(H,25,29)/t12-,13+,19-/m1/s1. The minimum Gasteiger partial charge on any atom is -0.418 e. The molecule has 3 atom stereocenters. The highest BCUT2D eigenvalue weighted by atomic mass is 19.4. The van der Waals surface area contributed by atoms with E-state index in [1.54, 1.807) is 12.1 Å². The molecule has 2 aliphatic rings. The van der Waals surface area contributed by atoms with Gasteiger partial charge in [-0.15, -0.1) is 16.8 Å². The van der Waals surface area contributed by atoms with Crippen molar-refractivity contribution in [2.75, 3.05) is 11.9 Å². The third kappa shape index (κ3) is 3.66. The van der Waals surface area contributed by atoms with Crippen molar-refractivity contribution in [2.24, 2.45) is 5.92 Å². The summed E-state index contributed by atoms with van der Waals surface area (Å²) in [5.74, 6) is -1.36. The summed E-state index contributed by atoms with van der Waals surface area (Å²) in [5.41, 5.74) is -0.233. The Kier molecular flexibility index (Phi) is 5.25. The quantitative estimate of drug-likeness (QED) is 0.717. The Hall–Kier alpha value is -2.91. The van der Waals surface area contributed by atoms with Crippen molar-refractivity contribution >= 4 is 11.6 Å². The number of carbonyl (C=O) groups is 1. The number of nitrogens with one attached hydrogen (secondary N) is 2. The van der Waals surface area contributed by atoms with E-state index in [0.717, 1.165) is 0 Å². The van der Waals surface area contributed by atoms with E-state index in [1.807, 2.05) is 0 Å². The van der Waals surface area contributed by atoms with E-state index in [0.29, 0.717) is 37.2 Å². The number of pyridine rings is 1. The Bertz CT molecular complexity index is 945. The number of anilines is 1. The number of halogens is 3. The first kappa shape index (κ1) is 20.4. The van der Waals surface area contributed by atoms with Gasteiger partial charge in [-0.3, -0.25) is 4.79 Å². The minimum absolute atomic E-state index is 0.00661. The molecule has 1 amide bonds. The number of hydrogen-bond donors (Lipinski definition) is 2. The Morgan fingerprint density at radius 3 is 2.87 bits per heavy atom. The predicted molar refractivity (Wildman–Crippen MR) is 102 cm³/mol. The summed E-state index contributed by atoms with van der Waals surface area (Å²) in [6, 6.07) is 3.06. The van der Waals surface area contributed by atoms with Crippen LogP contribution < -0.4 is 10.6 Å². The molecule has 10 heteroatoms. The Labute approximate surface area is 171 Å². The van der Waals surface area contributed by atoms with Crippen LogP contribution in [0.4, 0.5) is 18.9 Å². The molecule has 2 fully saturated rings. The summed E-state index contributed by atoms with van der Waals surface area (Å²) >= 11 is 0. The summed E-state index contributed by atoms with van der Waals surface area (Å²) in [6.45, 7) is 4.21. The lowest BCUT2D eigenvalue weighted by atomic mass is 9.85. The van der Waals surface area contributed by atoms with Crippen LogP contribution in [0.25, 0.3) is 11.6 Å². The topological polar surface area (TPSA) is 92.9 Å². The molecule has 0 radical (unpaired) electrons. The van der Waals surface area contributed by atoms with Crippen molar-refractivity contribution in [1.29, 1.82) is 0 Å². The average Bonchev–Trinajstić information content (AvgIpc) is 3.35. The summed E-state index contributed by atoms with van der Waals surface area (Å²) in [4.78, 5) is 16.6. The highest BCUT2D eigenvalue weighted by molar-refractivity contribution is 5.91. The van der Waals surface area contributed by atoms with Gasteiger partial charge in [0.2, 0.25) is 11.8 Å². The molecule has 30 heavy (non-hydrogen) atoms. The fourth-order valence-electron chi connectivity index (χ4n) is 4.16. The third-order valence-electron chi connectivity index (χ3n) is 5.87. The van der Waals surface area contributed by atoms with Crippen LogP contribution >= 0.6 is 0 Å². The fraction of sp³-hybridized carbons (Fsp3) is 0.500. The van der Waals surface area contributed by atoms with Gasteiger partial charge in [0.25, 0.3) is 5.89 Å². The normalized spacial score (nSPS) is 27.0. The van der Waals surface area contributed by atoms with Crippen LogP contribution in [0.2, 0.25) is 0 Å². The molecule has 7 nitrogen and oxygen atoms in total. The van der Waals surface area contributed by atoms with Crippen molar-refractivity contribution in [3.05, 3.63) is 36.9 Å². The van der Waals surface area contributed by atoms with E-state index >= 15 is 0 Å². The smallest absolute Gasteiger partial charge is 0.391 e. The van der Waals surface area contributed by atoms with Crippen molar-refractivity contribution in [1.82, 2.24) is 20.5 Å². The number of amides is 1. The molecule has 1 saturated carbocycles. The van der Waals surface area contributed by atoms with Gasteiger partial charge in [-0.05, 0) is 37.8 Å². The molecule has 2 aromatic rings. The lowest BCUT2D eigenvalue weighted by molar-refractivity contribution is -0.182. The van der Waals surface area contributed by atoms with Crippen molar-refractivity contribution in [2.45, 2.75) is 49.7 Å². The zero-order valence-corrected chi connectivity index (χ0v) is 16.2. The number of hydrogen-bond acceptors (Lipinski definition) is 6. The Balaban J connectivity index is 1.58. The second kappa shape index (κ2) is 7.73. The van der Waals surface area contributed by atoms with E-state index in [-0.39, 0.29) is 36.6 Å². The highest BCUT2D eigenvalue weighted by Crippen LogP contribution is 2.39. The van der Waals surface area contributed by atoms with E-state index in [1.165, 1.54) is 12.3 Å². The lowest BCUT2D eigenvalue weighted by Crippen LogP contribution is -2.34. The highest BCUT2D eigenvalue weighted by Gasteiger charge is 2.46. The van der Waals surface area contributed by atoms with E-state index < -0.39 is 17.5 Å². The van der Waals surface area contributed by atoms with Crippen LogP contribution in [-0.4, -0.2) is 39.9 Å². The Morgan fingerprint density at radius 2 is 2.17 bits per heavy atom. The maximum atomic E-state index is 13.1. The number of aromatic nitrogens is 3. The molecule has 2 N–H and O–H groups in total. The molecule has 0 bridgehead atoms. The zero-order chi connectivity index (χ0) is 21.4. The SMILES string of the molecule is C=C[C@@]1(c2nnc(-c3ncccc3N[C@H]3CCC[C@@H](C(F)(F)F)C3)o2)CCNC1=O. The molecule has 0 aromatic carbocycles. The second-order valence-electron chi connectivity index (χ2n) is 7.74. The molecular weight excluding hydrogens is 399 g/mol. The number of nitrogens with zero attached hydrogens (tertiary/aromatic N) is 3. The summed E-state index contributed by atoms with van der Waals surface area (Å²) < 4.78 is 45.2. The van der Waals surface area contributed by atoms with Crippen LogP contribution in [0.1, 0.15) is 38.0 Å². The minimum atomic E-state index is -4.19. The molecule has 3 heterocycles. The van der Waals surface area contributed by atoms with Gasteiger partial charge in [-0.25, -0.2) is 4.98 Å². The molecule has 1 aliphatic heterocycles. The summed E-state index contributed by atoms with van der Waals surface area (Å²) in [5, 5.41) is 14.0. The van der Waals surface area contributed by atoms with Crippen LogP contribution in [0, 0.1) is 5.92 Å². The van der Waals surface area contributed by atoms with Gasteiger partial charge in [-0.2, -0.15) is 13.2 Å². The first-order chi connectivity index (χ1) is 14.3. The zero-order valence-electron chi connectivity index (χ0n) is 16.2. The molecular formula is C20H22F3N5O2. The number of alkyl halides is 3. The first-order valence-electron chi connectivity index (χ1n) is 9.88. The first-order valence-corrected chi connectivity index (χ1v) is 9.88. The lowest BCUT2D eigenvalue weighted by Gasteiger charge is -2.31. The molecule has 0 unspecified atom stereocenters. The molecule has 0 spiro atoms. The largest absolute Gasteiger partial charge is 0.418 e. The second-order valence-corrected chi connectivity index (χ2v) is 7.74. The van der Waals surface area contributed by atoms with Crippen molar-refractivity contribution in [3.63, 3.8) is 0 Å². The average molecular weight is 421 g/mol. The van der Waals surface area contributed by atoms with Crippen LogP contribution in [0.5, 0.6) is 0 Å². The Morgan fingerprint density at radius 1 is 1.33 bits per heavy atom. The van der Waals surface area contributed by atoms with E-state index in [9.17, 15) is 18.0 Å². The summed E-state index contributed by atoms with van der Waals surface area (Å²) in [7, 11) is 0. The van der Waals surface area contributed by atoms with Crippen molar-refractivity contribution < 1.29 is 22.4 Å². The van der Waals surface area contributed by atoms with Crippen LogP contribution in [0.3, 0.4) is 0 Å².